The molecule has 0 saturated carbocycles. The van der Waals surface area contributed by atoms with Gasteiger partial charge in [0.2, 0.25) is 0 Å². The Kier molecular flexibility index (Phi) is 5.69. The minimum Gasteiger partial charge on any atom is -0.317 e. The molecule has 0 aliphatic heterocycles. The summed E-state index contributed by atoms with van der Waals surface area (Å²) in [5, 5.41) is 5.22. The highest BCUT2D eigenvalue weighted by molar-refractivity contribution is 5.83. The van der Waals surface area contributed by atoms with Crippen LogP contribution >= 0.6 is 0 Å². The number of nitrogens with zero attached hydrogens (tertiary/aromatic N) is 4. The molecule has 0 N–H and O–H groups in total. The molecular weight excluding hydrogens is 432 g/mol. The van der Waals surface area contributed by atoms with Crippen molar-refractivity contribution in [3.05, 3.63) is 117 Å². The molecule has 0 spiro atoms. The summed E-state index contributed by atoms with van der Waals surface area (Å²) in [7, 11) is 0. The molecule has 5 nitrogen and oxygen atoms in total. The summed E-state index contributed by atoms with van der Waals surface area (Å²) in [6.07, 6.45) is 1.77. The monoisotopic (exact) mass is 460 g/mol. The number of benzene rings is 3. The van der Waals surface area contributed by atoms with E-state index < -0.39 is 0 Å². The van der Waals surface area contributed by atoms with Gasteiger partial charge in [0.05, 0.1) is 22.8 Å². The number of rotatable bonds is 4. The summed E-state index contributed by atoms with van der Waals surface area (Å²) >= 11 is 0. The van der Waals surface area contributed by atoms with Gasteiger partial charge < -0.3 is 4.57 Å². The van der Waals surface area contributed by atoms with Crippen molar-refractivity contribution in [3.8, 4) is 17.1 Å². The van der Waals surface area contributed by atoms with E-state index in [0.29, 0.717) is 16.7 Å². The zero-order chi connectivity index (χ0) is 24.7. The van der Waals surface area contributed by atoms with Crippen LogP contribution in [0.25, 0.3) is 28.0 Å². The van der Waals surface area contributed by atoms with Gasteiger partial charge in [0.25, 0.3) is 5.56 Å². The highest BCUT2D eigenvalue weighted by atomic mass is 16.1. The first-order chi connectivity index (χ1) is 16.8. The molecule has 0 aliphatic carbocycles. The summed E-state index contributed by atoms with van der Waals surface area (Å²) in [4.78, 5) is 18.2. The quantitative estimate of drug-likeness (QED) is 0.297. The van der Waals surface area contributed by atoms with Crippen molar-refractivity contribution in [1.29, 1.82) is 0 Å². The molecule has 0 amide bonds. The Morgan fingerprint density at radius 2 is 1.49 bits per heavy atom. The molecule has 35 heavy (non-hydrogen) atoms. The molecule has 0 atom stereocenters. The molecule has 0 aliphatic rings. The van der Waals surface area contributed by atoms with Gasteiger partial charge >= 0.3 is 0 Å². The second-order valence-corrected chi connectivity index (χ2v) is 9.09. The molecule has 0 saturated heterocycles. The third-order valence-electron chi connectivity index (χ3n) is 6.43. The molecule has 3 aromatic carbocycles. The molecule has 5 aromatic rings. The largest absolute Gasteiger partial charge is 0.317 e. The van der Waals surface area contributed by atoms with Crippen LogP contribution in [0.4, 0.5) is 0 Å². The molecule has 0 unspecified atom stereocenters. The van der Waals surface area contributed by atoms with Gasteiger partial charge in [-0.3, -0.25) is 4.79 Å². The van der Waals surface area contributed by atoms with Crippen molar-refractivity contribution in [1.82, 2.24) is 14.2 Å². The van der Waals surface area contributed by atoms with Crippen LogP contribution in [0.2, 0.25) is 0 Å². The summed E-state index contributed by atoms with van der Waals surface area (Å²) in [6, 6.07) is 23.6. The Bertz CT molecular complexity index is 1630. The topological polar surface area (TPSA) is 52.2 Å². The summed E-state index contributed by atoms with van der Waals surface area (Å²) in [5.41, 5.74) is 9.36. The number of hydrogen-bond donors (Lipinski definition) is 0. The van der Waals surface area contributed by atoms with Gasteiger partial charge in [-0.2, -0.15) is 9.78 Å². The summed E-state index contributed by atoms with van der Waals surface area (Å²) in [6.45, 7) is 10.6. The minimum atomic E-state index is -0.190. The highest BCUT2D eigenvalue weighted by Gasteiger charge is 2.15. The first kappa shape index (κ1) is 22.5. The SMILES string of the molecule is Cc1cc(C)c(-n2c(C)cc(C=Nn3c(-c4ccccc4)nc4ccccc4c3=O)c2C)c(C)c1. The van der Waals surface area contributed by atoms with Gasteiger partial charge in [0.15, 0.2) is 5.82 Å². The van der Waals surface area contributed by atoms with Crippen LogP contribution in [0, 0.1) is 34.6 Å². The number of aryl methyl sites for hydroxylation is 4. The van der Waals surface area contributed by atoms with Crippen LogP contribution in [0.15, 0.2) is 82.7 Å². The molecule has 2 aromatic heterocycles. The zero-order valence-corrected chi connectivity index (χ0v) is 20.7. The lowest BCUT2D eigenvalue weighted by atomic mass is 10.0. The molecule has 5 rings (SSSR count). The van der Waals surface area contributed by atoms with Gasteiger partial charge in [-0.05, 0) is 63.9 Å². The molecule has 0 bridgehead atoms. The van der Waals surface area contributed by atoms with Gasteiger partial charge in [0.1, 0.15) is 0 Å². The van der Waals surface area contributed by atoms with Crippen molar-refractivity contribution in [2.75, 3.05) is 0 Å². The van der Waals surface area contributed by atoms with Crippen LogP contribution in [-0.2, 0) is 0 Å². The molecule has 174 valence electrons. The Hall–Kier alpha value is -4.25. The second kappa shape index (κ2) is 8.84. The highest BCUT2D eigenvalue weighted by Crippen LogP contribution is 2.27. The fraction of sp³-hybridized carbons (Fsp3) is 0.167. The Labute approximate surface area is 205 Å². The average molecular weight is 461 g/mol. The zero-order valence-electron chi connectivity index (χ0n) is 20.7. The second-order valence-electron chi connectivity index (χ2n) is 9.09. The van der Waals surface area contributed by atoms with Crippen molar-refractivity contribution in [2.24, 2.45) is 5.10 Å². The summed E-state index contributed by atoms with van der Waals surface area (Å²) < 4.78 is 3.68. The fourth-order valence-electron chi connectivity index (χ4n) is 4.91. The van der Waals surface area contributed by atoms with Crippen LogP contribution in [-0.4, -0.2) is 20.4 Å². The van der Waals surface area contributed by atoms with Crippen LogP contribution in [0.3, 0.4) is 0 Å². The van der Waals surface area contributed by atoms with Gasteiger partial charge in [-0.15, -0.1) is 0 Å². The predicted molar refractivity (Wildman–Crippen MR) is 144 cm³/mol. The number of fused-ring (bicyclic) bond motifs is 1. The normalized spacial score (nSPS) is 11.6. The van der Waals surface area contributed by atoms with E-state index in [-0.39, 0.29) is 5.56 Å². The van der Waals surface area contributed by atoms with Crippen LogP contribution in [0.5, 0.6) is 0 Å². The lowest BCUT2D eigenvalue weighted by Crippen LogP contribution is -2.20. The standard InChI is InChI=1S/C30H28N4O/c1-19-15-20(2)28(21(3)16-19)33-22(4)17-25(23(33)5)18-31-34-29(24-11-7-6-8-12-24)32-27-14-10-9-13-26(27)30(34)35/h6-18H,1-5H3. The molecule has 5 heteroatoms. The maximum absolute atomic E-state index is 13.4. The van der Waals surface area contributed by atoms with E-state index in [9.17, 15) is 4.79 Å². The van der Waals surface area contributed by atoms with Crippen LogP contribution < -0.4 is 5.56 Å². The minimum absolute atomic E-state index is 0.190. The Balaban J connectivity index is 1.67. The number of aromatic nitrogens is 3. The molecule has 0 fully saturated rings. The fourth-order valence-corrected chi connectivity index (χ4v) is 4.91. The first-order valence-corrected chi connectivity index (χ1v) is 11.7. The lowest BCUT2D eigenvalue weighted by molar-refractivity contribution is 0.829. The van der Waals surface area contributed by atoms with E-state index in [2.05, 4.69) is 62.5 Å². The van der Waals surface area contributed by atoms with E-state index in [0.717, 1.165) is 22.5 Å². The van der Waals surface area contributed by atoms with Crippen molar-refractivity contribution >= 4 is 17.1 Å². The Morgan fingerprint density at radius 3 is 2.20 bits per heavy atom. The van der Waals surface area contributed by atoms with E-state index in [1.54, 1.807) is 12.3 Å². The molecule has 0 radical (unpaired) electrons. The van der Waals surface area contributed by atoms with Gasteiger partial charge in [0, 0.05) is 22.5 Å². The lowest BCUT2D eigenvalue weighted by Gasteiger charge is -2.16. The number of hydrogen-bond acceptors (Lipinski definition) is 3. The number of para-hydroxylation sites is 1. The summed E-state index contributed by atoms with van der Waals surface area (Å²) in [5.74, 6) is 0.518. The average Bonchev–Trinajstić information content (AvgIpc) is 3.11. The van der Waals surface area contributed by atoms with Crippen molar-refractivity contribution in [3.63, 3.8) is 0 Å². The van der Waals surface area contributed by atoms with Crippen LogP contribution in [0.1, 0.15) is 33.6 Å². The first-order valence-electron chi connectivity index (χ1n) is 11.7. The third kappa shape index (κ3) is 3.99. The van der Waals surface area contributed by atoms with Gasteiger partial charge in [-0.1, -0.05) is 60.2 Å². The molecule has 2 heterocycles. The van der Waals surface area contributed by atoms with E-state index in [1.165, 1.54) is 27.1 Å². The van der Waals surface area contributed by atoms with Crippen molar-refractivity contribution in [2.45, 2.75) is 34.6 Å². The van der Waals surface area contributed by atoms with E-state index >= 15 is 0 Å². The van der Waals surface area contributed by atoms with E-state index in [4.69, 9.17) is 4.98 Å². The third-order valence-corrected chi connectivity index (χ3v) is 6.43. The predicted octanol–water partition coefficient (Wildman–Crippen LogP) is 6.28. The molecular formula is C30H28N4O. The smallest absolute Gasteiger partial charge is 0.282 e. The van der Waals surface area contributed by atoms with Gasteiger partial charge in [-0.25, -0.2) is 4.98 Å². The maximum Gasteiger partial charge on any atom is 0.282 e. The van der Waals surface area contributed by atoms with E-state index in [1.807, 2.05) is 48.5 Å². The Morgan fingerprint density at radius 1 is 0.829 bits per heavy atom. The maximum atomic E-state index is 13.4. The van der Waals surface area contributed by atoms with Crippen molar-refractivity contribution < 1.29 is 0 Å².